The lowest BCUT2D eigenvalue weighted by molar-refractivity contribution is 0.223. The van der Waals surface area contributed by atoms with Crippen molar-refractivity contribution < 1.29 is 4.74 Å². The molecule has 0 bridgehead atoms. The Balaban J connectivity index is 2.27. The molecule has 1 saturated carbocycles. The molecule has 21 heavy (non-hydrogen) atoms. The summed E-state index contributed by atoms with van der Waals surface area (Å²) in [6, 6.07) is 6.04. The first-order valence-electron chi connectivity index (χ1n) is 8.23. The SMILES string of the molecule is CCNCC1CCC(CC)CC1c1cc(Cl)ccc1OC. The van der Waals surface area contributed by atoms with Gasteiger partial charge in [-0.3, -0.25) is 0 Å². The van der Waals surface area contributed by atoms with Crippen LogP contribution in [0.5, 0.6) is 5.75 Å². The Bertz CT molecular complexity index is 449. The molecule has 118 valence electrons. The Morgan fingerprint density at radius 1 is 1.29 bits per heavy atom. The number of methoxy groups -OCH3 is 1. The molecule has 1 aliphatic carbocycles. The van der Waals surface area contributed by atoms with Crippen LogP contribution in [0.1, 0.15) is 51.0 Å². The van der Waals surface area contributed by atoms with Gasteiger partial charge in [0.2, 0.25) is 0 Å². The summed E-state index contributed by atoms with van der Waals surface area (Å²) < 4.78 is 5.60. The molecule has 1 aromatic rings. The van der Waals surface area contributed by atoms with E-state index in [9.17, 15) is 0 Å². The van der Waals surface area contributed by atoms with Gasteiger partial charge in [-0.15, -0.1) is 0 Å². The van der Waals surface area contributed by atoms with Crippen LogP contribution in [0.15, 0.2) is 18.2 Å². The van der Waals surface area contributed by atoms with Gasteiger partial charge in [0.1, 0.15) is 5.75 Å². The lowest BCUT2D eigenvalue weighted by atomic mass is 9.70. The van der Waals surface area contributed by atoms with Crippen molar-refractivity contribution in [3.8, 4) is 5.75 Å². The molecule has 3 atom stereocenters. The number of nitrogens with one attached hydrogen (secondary N) is 1. The highest BCUT2D eigenvalue weighted by Crippen LogP contribution is 2.45. The maximum Gasteiger partial charge on any atom is 0.122 e. The monoisotopic (exact) mass is 309 g/mol. The van der Waals surface area contributed by atoms with Crippen LogP contribution >= 0.6 is 11.6 Å². The fraction of sp³-hybridized carbons (Fsp3) is 0.667. The van der Waals surface area contributed by atoms with Gasteiger partial charge in [-0.2, -0.15) is 0 Å². The highest BCUT2D eigenvalue weighted by molar-refractivity contribution is 6.30. The summed E-state index contributed by atoms with van der Waals surface area (Å²) in [5, 5.41) is 4.34. The summed E-state index contributed by atoms with van der Waals surface area (Å²) >= 11 is 6.24. The molecule has 2 nitrogen and oxygen atoms in total. The van der Waals surface area contributed by atoms with Crippen LogP contribution in [0.2, 0.25) is 5.02 Å². The predicted octanol–water partition coefficient (Wildman–Crippen LogP) is 4.87. The second-order valence-corrected chi connectivity index (χ2v) is 6.58. The molecule has 0 heterocycles. The molecule has 1 aliphatic rings. The summed E-state index contributed by atoms with van der Waals surface area (Å²) in [7, 11) is 1.76. The van der Waals surface area contributed by atoms with Gasteiger partial charge < -0.3 is 10.1 Å². The zero-order chi connectivity index (χ0) is 15.2. The van der Waals surface area contributed by atoms with E-state index in [4.69, 9.17) is 16.3 Å². The van der Waals surface area contributed by atoms with Gasteiger partial charge in [0.25, 0.3) is 0 Å². The Hall–Kier alpha value is -0.730. The topological polar surface area (TPSA) is 21.3 Å². The minimum Gasteiger partial charge on any atom is -0.496 e. The van der Waals surface area contributed by atoms with Crippen molar-refractivity contribution >= 4 is 11.6 Å². The number of hydrogen-bond donors (Lipinski definition) is 1. The number of benzene rings is 1. The highest BCUT2D eigenvalue weighted by atomic mass is 35.5. The number of hydrogen-bond acceptors (Lipinski definition) is 2. The zero-order valence-corrected chi connectivity index (χ0v) is 14.2. The molecule has 2 rings (SSSR count). The molecular formula is C18H28ClNO. The molecule has 0 saturated heterocycles. The second kappa shape index (κ2) is 8.05. The number of halogens is 1. The quantitative estimate of drug-likeness (QED) is 0.809. The first-order valence-corrected chi connectivity index (χ1v) is 8.61. The van der Waals surface area contributed by atoms with Crippen molar-refractivity contribution in [3.63, 3.8) is 0 Å². The molecule has 0 radical (unpaired) electrons. The smallest absolute Gasteiger partial charge is 0.122 e. The fourth-order valence-electron chi connectivity index (χ4n) is 3.64. The van der Waals surface area contributed by atoms with Crippen LogP contribution in [0.3, 0.4) is 0 Å². The maximum absolute atomic E-state index is 6.24. The number of ether oxygens (including phenoxy) is 1. The Labute approximate surface area is 134 Å². The third-order valence-electron chi connectivity index (χ3n) is 4.93. The molecule has 3 heteroatoms. The van der Waals surface area contributed by atoms with Crippen molar-refractivity contribution in [1.29, 1.82) is 0 Å². The fourth-order valence-corrected chi connectivity index (χ4v) is 3.82. The average molecular weight is 310 g/mol. The zero-order valence-electron chi connectivity index (χ0n) is 13.5. The van der Waals surface area contributed by atoms with E-state index in [1.54, 1.807) is 7.11 Å². The highest BCUT2D eigenvalue weighted by Gasteiger charge is 2.32. The van der Waals surface area contributed by atoms with E-state index in [0.29, 0.717) is 11.8 Å². The van der Waals surface area contributed by atoms with Gasteiger partial charge in [-0.25, -0.2) is 0 Å². The molecule has 1 fully saturated rings. The van der Waals surface area contributed by atoms with Crippen molar-refractivity contribution in [3.05, 3.63) is 28.8 Å². The summed E-state index contributed by atoms with van der Waals surface area (Å²) in [4.78, 5) is 0. The molecule has 0 amide bonds. The van der Waals surface area contributed by atoms with Crippen LogP contribution in [-0.4, -0.2) is 20.2 Å². The Morgan fingerprint density at radius 2 is 2.10 bits per heavy atom. The largest absolute Gasteiger partial charge is 0.496 e. The van der Waals surface area contributed by atoms with Gasteiger partial charge in [-0.05, 0) is 67.4 Å². The minimum atomic E-state index is 0.552. The summed E-state index contributed by atoms with van der Waals surface area (Å²) in [6.07, 6.45) is 5.17. The van der Waals surface area contributed by atoms with Crippen molar-refractivity contribution in [2.75, 3.05) is 20.2 Å². The predicted molar refractivity (Wildman–Crippen MR) is 90.4 cm³/mol. The molecule has 0 aromatic heterocycles. The van der Waals surface area contributed by atoms with Crippen LogP contribution in [0.4, 0.5) is 0 Å². The lowest BCUT2D eigenvalue weighted by Gasteiger charge is -2.37. The summed E-state index contributed by atoms with van der Waals surface area (Å²) in [5.41, 5.74) is 1.30. The maximum atomic E-state index is 6.24. The molecule has 1 N–H and O–H groups in total. The molecular weight excluding hydrogens is 282 g/mol. The Morgan fingerprint density at radius 3 is 2.76 bits per heavy atom. The van der Waals surface area contributed by atoms with E-state index < -0.39 is 0 Å². The molecule has 1 aromatic carbocycles. The third kappa shape index (κ3) is 4.14. The first kappa shape index (κ1) is 16.6. The van der Waals surface area contributed by atoms with Gasteiger partial charge in [0, 0.05) is 5.02 Å². The second-order valence-electron chi connectivity index (χ2n) is 6.15. The Kier molecular flexibility index (Phi) is 6.38. The first-order chi connectivity index (χ1) is 10.2. The van der Waals surface area contributed by atoms with Crippen molar-refractivity contribution in [2.45, 2.75) is 45.4 Å². The van der Waals surface area contributed by atoms with E-state index in [1.165, 1.54) is 31.2 Å². The summed E-state index contributed by atoms with van der Waals surface area (Å²) in [5.74, 6) is 3.05. The lowest BCUT2D eigenvalue weighted by Crippen LogP contribution is -2.32. The van der Waals surface area contributed by atoms with Gasteiger partial charge in [0.15, 0.2) is 0 Å². The van der Waals surface area contributed by atoms with Gasteiger partial charge >= 0.3 is 0 Å². The van der Waals surface area contributed by atoms with Gasteiger partial charge in [0.05, 0.1) is 7.11 Å². The van der Waals surface area contributed by atoms with Crippen molar-refractivity contribution in [2.24, 2.45) is 11.8 Å². The van der Waals surface area contributed by atoms with E-state index >= 15 is 0 Å². The molecule has 3 unspecified atom stereocenters. The third-order valence-corrected chi connectivity index (χ3v) is 5.16. The van der Waals surface area contributed by atoms with E-state index in [-0.39, 0.29) is 0 Å². The number of rotatable bonds is 6. The molecule has 0 spiro atoms. The van der Waals surface area contributed by atoms with Crippen LogP contribution < -0.4 is 10.1 Å². The van der Waals surface area contributed by atoms with Crippen LogP contribution in [0, 0.1) is 11.8 Å². The molecule has 0 aliphatic heterocycles. The van der Waals surface area contributed by atoms with Crippen LogP contribution in [-0.2, 0) is 0 Å². The van der Waals surface area contributed by atoms with Crippen molar-refractivity contribution in [1.82, 2.24) is 5.32 Å². The van der Waals surface area contributed by atoms with E-state index in [2.05, 4.69) is 25.2 Å². The van der Waals surface area contributed by atoms with E-state index in [1.807, 2.05) is 12.1 Å². The summed E-state index contributed by atoms with van der Waals surface area (Å²) in [6.45, 7) is 6.61. The average Bonchev–Trinajstić information content (AvgIpc) is 2.52. The normalized spacial score (nSPS) is 25.8. The van der Waals surface area contributed by atoms with E-state index in [0.717, 1.165) is 29.8 Å². The van der Waals surface area contributed by atoms with Crippen LogP contribution in [0.25, 0.3) is 0 Å². The van der Waals surface area contributed by atoms with Gasteiger partial charge in [-0.1, -0.05) is 38.3 Å². The minimum absolute atomic E-state index is 0.552. The standard InChI is InChI=1S/C18H28ClNO/c1-4-13-6-7-14(12-20-5-2)16(10-13)17-11-15(19)8-9-18(17)21-3/h8-9,11,13-14,16,20H,4-7,10,12H2,1-3H3.